The quantitative estimate of drug-likeness (QED) is 0.644. The van der Waals surface area contributed by atoms with Crippen molar-refractivity contribution in [3.63, 3.8) is 0 Å². The number of anilines is 1. The topological polar surface area (TPSA) is 111 Å². The van der Waals surface area contributed by atoms with Crippen LogP contribution in [0.4, 0.5) is 5.69 Å². The third kappa shape index (κ3) is 2.83. The fourth-order valence-electron chi connectivity index (χ4n) is 0.969. The van der Waals surface area contributed by atoms with Gasteiger partial charge in [0.2, 0.25) is 5.91 Å². The molecule has 1 heterocycles. The molecule has 0 fully saturated rings. The Morgan fingerprint density at radius 3 is 2.75 bits per heavy atom. The van der Waals surface area contributed by atoms with Gasteiger partial charge in [-0.05, 0) is 13.0 Å². The van der Waals surface area contributed by atoms with E-state index in [0.29, 0.717) is 5.69 Å². The normalized spacial score (nSPS) is 11.9. The van der Waals surface area contributed by atoms with E-state index in [-0.39, 0.29) is 10.7 Å². The van der Waals surface area contributed by atoms with Crippen LogP contribution < -0.4 is 16.8 Å². The lowest BCUT2D eigenvalue weighted by Crippen LogP contribution is -2.42. The number of pyridine rings is 1. The molecule has 0 aliphatic carbocycles. The molecule has 0 aliphatic rings. The summed E-state index contributed by atoms with van der Waals surface area (Å²) in [4.78, 5) is 26.1. The smallest absolute Gasteiger partial charge is 0.255 e. The van der Waals surface area contributed by atoms with Crippen molar-refractivity contribution in [2.75, 3.05) is 5.73 Å². The fourth-order valence-corrected chi connectivity index (χ4v) is 1.16. The van der Waals surface area contributed by atoms with Gasteiger partial charge in [-0.3, -0.25) is 9.59 Å². The van der Waals surface area contributed by atoms with E-state index in [9.17, 15) is 9.59 Å². The van der Waals surface area contributed by atoms with Gasteiger partial charge in [0.15, 0.2) is 0 Å². The summed E-state index contributed by atoms with van der Waals surface area (Å²) in [5.74, 6) is -1.18. The zero-order valence-corrected chi connectivity index (χ0v) is 9.28. The second kappa shape index (κ2) is 4.80. The van der Waals surface area contributed by atoms with Crippen LogP contribution >= 0.6 is 11.6 Å². The van der Waals surface area contributed by atoms with E-state index in [2.05, 4.69) is 10.3 Å². The third-order valence-corrected chi connectivity index (χ3v) is 2.18. The lowest BCUT2D eigenvalue weighted by atomic mass is 10.2. The van der Waals surface area contributed by atoms with Crippen LogP contribution in [0, 0.1) is 0 Å². The van der Waals surface area contributed by atoms with Crippen LogP contribution in [0.5, 0.6) is 0 Å². The van der Waals surface area contributed by atoms with Gasteiger partial charge in [0.05, 0.1) is 17.4 Å². The molecule has 0 bridgehead atoms. The second-order valence-corrected chi connectivity index (χ2v) is 3.56. The van der Waals surface area contributed by atoms with Gasteiger partial charge in [0.25, 0.3) is 5.91 Å². The minimum absolute atomic E-state index is 0.0170. The van der Waals surface area contributed by atoms with Crippen LogP contribution in [0.1, 0.15) is 17.3 Å². The van der Waals surface area contributed by atoms with Crippen molar-refractivity contribution >= 4 is 29.1 Å². The van der Waals surface area contributed by atoms with Gasteiger partial charge in [0.1, 0.15) is 11.2 Å². The molecule has 1 atom stereocenters. The fraction of sp³-hybridized carbons (Fsp3) is 0.222. The molecule has 0 radical (unpaired) electrons. The molecule has 16 heavy (non-hydrogen) atoms. The zero-order chi connectivity index (χ0) is 12.3. The molecule has 0 saturated carbocycles. The van der Waals surface area contributed by atoms with Crippen molar-refractivity contribution in [1.82, 2.24) is 10.3 Å². The van der Waals surface area contributed by atoms with Crippen LogP contribution in [0.25, 0.3) is 0 Å². The molecule has 1 rings (SSSR count). The molecule has 0 aliphatic heterocycles. The lowest BCUT2D eigenvalue weighted by molar-refractivity contribution is -0.119. The minimum Gasteiger partial charge on any atom is -0.397 e. The highest BCUT2D eigenvalue weighted by molar-refractivity contribution is 6.32. The van der Waals surface area contributed by atoms with Gasteiger partial charge in [-0.1, -0.05) is 11.6 Å². The summed E-state index contributed by atoms with van der Waals surface area (Å²) in [6.07, 6.45) is 1.33. The first-order valence-electron chi connectivity index (χ1n) is 4.43. The first-order valence-corrected chi connectivity index (χ1v) is 4.81. The average molecular weight is 243 g/mol. The Bertz CT molecular complexity index is 436. The van der Waals surface area contributed by atoms with Gasteiger partial charge in [-0.15, -0.1) is 0 Å². The number of carbonyl (C=O) groups excluding carboxylic acids is 2. The molecule has 6 nitrogen and oxygen atoms in total. The van der Waals surface area contributed by atoms with E-state index < -0.39 is 17.9 Å². The zero-order valence-electron chi connectivity index (χ0n) is 8.53. The van der Waals surface area contributed by atoms with Gasteiger partial charge in [-0.25, -0.2) is 4.98 Å². The van der Waals surface area contributed by atoms with Crippen molar-refractivity contribution in [3.05, 3.63) is 23.0 Å². The Kier molecular flexibility index (Phi) is 3.68. The molecule has 2 amide bonds. The van der Waals surface area contributed by atoms with Crippen LogP contribution in [0.3, 0.4) is 0 Å². The highest BCUT2D eigenvalue weighted by Crippen LogP contribution is 2.15. The number of aromatic nitrogens is 1. The molecule has 86 valence electrons. The van der Waals surface area contributed by atoms with Gasteiger partial charge in [0, 0.05) is 0 Å². The summed E-state index contributed by atoms with van der Waals surface area (Å²) in [6.45, 7) is 1.47. The van der Waals surface area contributed by atoms with Gasteiger partial charge in [-0.2, -0.15) is 0 Å². The second-order valence-electron chi connectivity index (χ2n) is 3.20. The largest absolute Gasteiger partial charge is 0.397 e. The number of primary amides is 1. The molecular formula is C9H11ClN4O2. The molecule has 1 aromatic rings. The molecule has 1 unspecified atom stereocenters. The Hall–Kier alpha value is -1.82. The summed E-state index contributed by atoms with van der Waals surface area (Å²) in [5, 5.41) is 2.39. The number of nitrogens with zero attached hydrogens (tertiary/aromatic N) is 1. The van der Waals surface area contributed by atoms with Crippen LogP contribution in [0.15, 0.2) is 12.3 Å². The highest BCUT2D eigenvalue weighted by atomic mass is 35.5. The Balaban J connectivity index is 2.88. The van der Waals surface area contributed by atoms with Crippen LogP contribution in [-0.2, 0) is 4.79 Å². The first-order chi connectivity index (χ1) is 7.41. The molecule has 0 spiro atoms. The van der Waals surface area contributed by atoms with Gasteiger partial charge >= 0.3 is 0 Å². The summed E-state index contributed by atoms with van der Waals surface area (Å²) in [7, 11) is 0. The maximum absolute atomic E-state index is 11.6. The number of hydrogen-bond donors (Lipinski definition) is 3. The van der Waals surface area contributed by atoms with E-state index >= 15 is 0 Å². The number of nitrogens with one attached hydrogen (secondary N) is 1. The summed E-state index contributed by atoms with van der Waals surface area (Å²) >= 11 is 5.71. The SMILES string of the molecule is CC(NC(=O)c1cc(N)cnc1Cl)C(N)=O. The van der Waals surface area contributed by atoms with Gasteiger partial charge < -0.3 is 16.8 Å². The number of rotatable bonds is 3. The number of nitrogens with two attached hydrogens (primary N) is 2. The molecule has 0 saturated heterocycles. The van der Waals surface area contributed by atoms with E-state index in [1.54, 1.807) is 0 Å². The first kappa shape index (κ1) is 12.3. The minimum atomic E-state index is -0.787. The molecule has 5 N–H and O–H groups in total. The van der Waals surface area contributed by atoms with E-state index in [4.69, 9.17) is 23.1 Å². The summed E-state index contributed by atoms with van der Waals surface area (Å²) < 4.78 is 0. The van der Waals surface area contributed by atoms with E-state index in [1.165, 1.54) is 19.2 Å². The maximum Gasteiger partial charge on any atom is 0.255 e. The standard InChI is InChI=1S/C9H11ClN4O2/c1-4(8(12)15)14-9(16)6-2-5(11)3-13-7(6)10/h2-4H,11H2,1H3,(H2,12,15)(H,14,16). The molecule has 0 aromatic carbocycles. The Morgan fingerprint density at radius 1 is 1.56 bits per heavy atom. The highest BCUT2D eigenvalue weighted by Gasteiger charge is 2.16. The monoisotopic (exact) mass is 242 g/mol. The van der Waals surface area contributed by atoms with Crippen LogP contribution in [-0.4, -0.2) is 22.8 Å². The predicted molar refractivity (Wildman–Crippen MR) is 59.8 cm³/mol. The van der Waals surface area contributed by atoms with Crippen molar-refractivity contribution in [1.29, 1.82) is 0 Å². The Labute approximate surface area is 97.0 Å². The number of carbonyl (C=O) groups is 2. The number of nitrogen functional groups attached to an aromatic ring is 1. The van der Waals surface area contributed by atoms with Crippen molar-refractivity contribution in [3.8, 4) is 0 Å². The third-order valence-electron chi connectivity index (χ3n) is 1.88. The Morgan fingerprint density at radius 2 is 2.19 bits per heavy atom. The van der Waals surface area contributed by atoms with Crippen LogP contribution in [0.2, 0.25) is 5.15 Å². The van der Waals surface area contributed by atoms with E-state index in [0.717, 1.165) is 0 Å². The lowest BCUT2D eigenvalue weighted by Gasteiger charge is -2.10. The molecular weight excluding hydrogens is 232 g/mol. The summed E-state index contributed by atoms with van der Waals surface area (Å²) in [6, 6.07) is 0.586. The molecule has 7 heteroatoms. The summed E-state index contributed by atoms with van der Waals surface area (Å²) in [5.41, 5.74) is 10.9. The average Bonchev–Trinajstić information content (AvgIpc) is 2.21. The maximum atomic E-state index is 11.6. The predicted octanol–water partition coefficient (Wildman–Crippen LogP) is -0.0792. The van der Waals surface area contributed by atoms with Crippen molar-refractivity contribution < 1.29 is 9.59 Å². The number of hydrogen-bond acceptors (Lipinski definition) is 4. The number of halogens is 1. The van der Waals surface area contributed by atoms with Crippen molar-refractivity contribution in [2.45, 2.75) is 13.0 Å². The van der Waals surface area contributed by atoms with E-state index in [1.807, 2.05) is 0 Å². The van der Waals surface area contributed by atoms with Crippen molar-refractivity contribution in [2.24, 2.45) is 5.73 Å². The number of amides is 2. The molecule has 1 aromatic heterocycles.